The van der Waals surface area contributed by atoms with Crippen LogP contribution in [0.2, 0.25) is 12.9 Å². The predicted molar refractivity (Wildman–Crippen MR) is 168 cm³/mol. The molecule has 0 bridgehead atoms. The second-order valence-corrected chi connectivity index (χ2v) is 12.0. The molecule has 0 saturated carbocycles. The highest BCUT2D eigenvalue weighted by molar-refractivity contribution is 6.84. The van der Waals surface area contributed by atoms with Crippen LogP contribution in [0.4, 0.5) is 0 Å². The van der Waals surface area contributed by atoms with Gasteiger partial charge < -0.3 is 4.57 Å². The molecule has 0 unspecified atom stereocenters. The molecule has 0 radical (unpaired) electrons. The molecule has 0 spiro atoms. The number of hydrogen-bond donors (Lipinski definition) is 0. The molecule has 5 aromatic rings. The number of hydrogen-bond acceptors (Lipinski definition) is 1. The number of rotatable bonds is 8. The fourth-order valence-electron chi connectivity index (χ4n) is 5.04. The lowest BCUT2D eigenvalue weighted by Crippen LogP contribution is -2.41. The van der Waals surface area contributed by atoms with Gasteiger partial charge >= 0.3 is 0 Å². The summed E-state index contributed by atoms with van der Waals surface area (Å²) in [6.45, 7) is 7.08. The van der Waals surface area contributed by atoms with Crippen molar-refractivity contribution in [2.45, 2.75) is 31.9 Å². The van der Waals surface area contributed by atoms with Crippen molar-refractivity contribution in [3.63, 3.8) is 0 Å². The van der Waals surface area contributed by atoms with Gasteiger partial charge in [-0.05, 0) is 31.0 Å². The lowest BCUT2D eigenvalue weighted by atomic mass is 9.43. The molecule has 0 saturated heterocycles. The number of imidazole rings is 1. The first-order chi connectivity index (χ1) is 18.6. The molecule has 190 valence electrons. The van der Waals surface area contributed by atoms with Gasteiger partial charge in [-0.3, -0.25) is 0 Å². The van der Waals surface area contributed by atoms with Crippen molar-refractivity contribution in [1.82, 2.24) is 9.55 Å². The van der Waals surface area contributed by atoms with Crippen LogP contribution < -0.4 is 10.9 Å². The molecule has 38 heavy (non-hydrogen) atoms. The largest absolute Gasteiger partial charge is 0.327 e. The van der Waals surface area contributed by atoms with Crippen LogP contribution in [-0.2, 0) is 5.16 Å². The molecule has 1 aromatic heterocycles. The zero-order chi connectivity index (χ0) is 26.6. The summed E-state index contributed by atoms with van der Waals surface area (Å²) in [6.07, 6.45) is 8.34. The van der Waals surface area contributed by atoms with Gasteiger partial charge in [0.2, 0.25) is 6.71 Å². The Morgan fingerprint density at radius 3 is 1.58 bits per heavy atom. The molecule has 0 aliphatic carbocycles. The molecule has 0 aliphatic rings. The minimum absolute atomic E-state index is 0.106. The van der Waals surface area contributed by atoms with Crippen molar-refractivity contribution >= 4 is 27.2 Å². The van der Waals surface area contributed by atoms with Gasteiger partial charge in [-0.1, -0.05) is 151 Å². The molecule has 0 aliphatic heterocycles. The third kappa shape index (κ3) is 6.70. The summed E-state index contributed by atoms with van der Waals surface area (Å²) in [4.78, 5) is 4.35. The first-order valence-electron chi connectivity index (χ1n) is 13.4. The average Bonchev–Trinajstić information content (AvgIpc) is 3.53. The van der Waals surface area contributed by atoms with E-state index in [1.165, 1.54) is 27.6 Å². The van der Waals surface area contributed by atoms with Gasteiger partial charge in [0.1, 0.15) is 0 Å². The number of allylic oxidation sites excluding steroid dienone is 2. The Labute approximate surface area is 231 Å². The van der Waals surface area contributed by atoms with E-state index in [1.54, 1.807) is 0 Å². The van der Waals surface area contributed by atoms with Gasteiger partial charge in [0.05, 0.1) is 21.0 Å². The maximum absolute atomic E-state index is 4.35. The van der Waals surface area contributed by atoms with Gasteiger partial charge in [-0.2, -0.15) is 0 Å². The molecular formula is C34H37BN2Si. The van der Waals surface area contributed by atoms with E-state index in [2.05, 4.69) is 164 Å². The molecule has 4 heteroatoms. The van der Waals surface area contributed by atoms with E-state index in [0.717, 1.165) is 6.04 Å². The van der Waals surface area contributed by atoms with Crippen LogP contribution in [0.3, 0.4) is 0 Å². The summed E-state index contributed by atoms with van der Waals surface area (Å²) >= 11 is 0. The number of aromatic nitrogens is 2. The van der Waals surface area contributed by atoms with Gasteiger partial charge in [-0.25, -0.2) is 4.98 Å². The van der Waals surface area contributed by atoms with Gasteiger partial charge in [0, 0.05) is 12.4 Å². The molecule has 0 amide bonds. The van der Waals surface area contributed by atoms with E-state index in [1.807, 2.05) is 12.5 Å². The third-order valence-electron chi connectivity index (χ3n) is 7.11. The summed E-state index contributed by atoms with van der Waals surface area (Å²) in [6, 6.07) is 44.1. The second kappa shape index (κ2) is 13.6. The summed E-state index contributed by atoms with van der Waals surface area (Å²) in [7, 11) is -0.543. The average molecular weight is 513 g/mol. The molecule has 0 fully saturated rings. The van der Waals surface area contributed by atoms with Crippen molar-refractivity contribution in [3.8, 4) is 0 Å². The summed E-state index contributed by atoms with van der Waals surface area (Å²) in [5.41, 5.74) is 6.84. The Kier molecular flexibility index (Phi) is 9.72. The van der Waals surface area contributed by atoms with Crippen LogP contribution >= 0.6 is 0 Å². The summed E-state index contributed by atoms with van der Waals surface area (Å²) in [5, 5.41) is -0.106. The Morgan fingerprint density at radius 2 is 1.18 bits per heavy atom. The van der Waals surface area contributed by atoms with Crippen LogP contribution in [0, 0.1) is 0 Å². The van der Waals surface area contributed by atoms with Crippen molar-refractivity contribution in [3.05, 3.63) is 163 Å². The SMILES string of the molecule is CB(c1ccccc1)c1ccccc1.CC(C)=CC[SiH2]C(c1ccccc1)(c1ccccc1)n1ccnc1. The molecule has 4 aromatic carbocycles. The monoisotopic (exact) mass is 512 g/mol. The zero-order valence-corrected chi connectivity index (χ0v) is 24.2. The second-order valence-electron chi connectivity index (χ2n) is 9.93. The molecular weight excluding hydrogens is 475 g/mol. The quantitative estimate of drug-likeness (QED) is 0.181. The molecule has 0 N–H and O–H groups in total. The topological polar surface area (TPSA) is 17.8 Å². The standard InChI is InChI=1S/C21H24N2Si.C13H13B/c1-18(2)13-16-24-21(23-15-14-22-17-23,19-9-5-3-6-10-19)20-11-7-4-8-12-20;1-14(12-8-4-2-5-9-12)13-10-6-3-7-11-13/h3-15,17H,16,24H2,1-2H3;2-11H,1H3. The maximum atomic E-state index is 4.35. The Bertz CT molecular complexity index is 1290. The summed E-state index contributed by atoms with van der Waals surface area (Å²) in [5.74, 6) is 0. The van der Waals surface area contributed by atoms with E-state index >= 15 is 0 Å². The minimum Gasteiger partial charge on any atom is -0.327 e. The Morgan fingerprint density at radius 1 is 0.737 bits per heavy atom. The van der Waals surface area contributed by atoms with E-state index in [0.29, 0.717) is 6.71 Å². The third-order valence-corrected chi connectivity index (χ3v) is 9.59. The lowest BCUT2D eigenvalue weighted by molar-refractivity contribution is 0.592. The van der Waals surface area contributed by atoms with Crippen LogP contribution in [0.15, 0.2) is 152 Å². The fraction of sp³-hybridized carbons (Fsp3) is 0.147. The van der Waals surface area contributed by atoms with Gasteiger partial charge in [0.25, 0.3) is 0 Å². The minimum atomic E-state index is -0.543. The first-order valence-corrected chi connectivity index (χ1v) is 15.1. The molecule has 2 nitrogen and oxygen atoms in total. The highest BCUT2D eigenvalue weighted by Gasteiger charge is 2.35. The smallest absolute Gasteiger partial charge is 0.206 e. The number of nitrogens with zero attached hydrogens (tertiary/aromatic N) is 2. The predicted octanol–water partition coefficient (Wildman–Crippen LogP) is 6.11. The molecule has 0 atom stereocenters. The normalized spacial score (nSPS) is 11.0. The fourth-order valence-corrected chi connectivity index (χ4v) is 7.67. The lowest BCUT2D eigenvalue weighted by Gasteiger charge is -2.36. The molecule has 5 rings (SSSR count). The Hall–Kier alpha value is -3.89. The maximum Gasteiger partial charge on any atom is 0.206 e. The van der Waals surface area contributed by atoms with E-state index in [-0.39, 0.29) is 5.16 Å². The van der Waals surface area contributed by atoms with Crippen LogP contribution in [0.5, 0.6) is 0 Å². The van der Waals surface area contributed by atoms with Crippen LogP contribution in [0.1, 0.15) is 25.0 Å². The van der Waals surface area contributed by atoms with Gasteiger partial charge in [-0.15, -0.1) is 0 Å². The highest BCUT2D eigenvalue weighted by Crippen LogP contribution is 2.34. The van der Waals surface area contributed by atoms with Crippen molar-refractivity contribution in [2.75, 3.05) is 0 Å². The van der Waals surface area contributed by atoms with Gasteiger partial charge in [0.15, 0.2) is 0 Å². The Balaban J connectivity index is 0.000000204. The highest BCUT2D eigenvalue weighted by atomic mass is 28.2. The van der Waals surface area contributed by atoms with Crippen LogP contribution in [0.25, 0.3) is 0 Å². The van der Waals surface area contributed by atoms with E-state index in [4.69, 9.17) is 0 Å². The van der Waals surface area contributed by atoms with E-state index in [9.17, 15) is 0 Å². The summed E-state index contributed by atoms with van der Waals surface area (Å²) < 4.78 is 2.31. The number of benzene rings is 4. The first kappa shape index (κ1) is 27.2. The van der Waals surface area contributed by atoms with Crippen molar-refractivity contribution in [2.24, 2.45) is 0 Å². The van der Waals surface area contributed by atoms with E-state index < -0.39 is 9.52 Å². The van der Waals surface area contributed by atoms with Crippen molar-refractivity contribution < 1.29 is 0 Å². The zero-order valence-electron chi connectivity index (χ0n) is 22.7. The molecule has 1 heterocycles. The van der Waals surface area contributed by atoms with Crippen molar-refractivity contribution in [1.29, 1.82) is 0 Å². The van der Waals surface area contributed by atoms with Crippen LogP contribution in [-0.4, -0.2) is 25.8 Å².